The summed E-state index contributed by atoms with van der Waals surface area (Å²) in [5, 5.41) is 14.5. The van der Waals surface area contributed by atoms with Crippen molar-refractivity contribution in [3.05, 3.63) is 76.0 Å². The van der Waals surface area contributed by atoms with Gasteiger partial charge in [-0.1, -0.05) is 23.2 Å². The second-order valence-electron chi connectivity index (χ2n) is 5.10. The van der Waals surface area contributed by atoms with Crippen LogP contribution in [0.5, 0.6) is 0 Å². The van der Waals surface area contributed by atoms with E-state index in [2.05, 4.69) is 5.32 Å². The van der Waals surface area contributed by atoms with Crippen LogP contribution in [0.3, 0.4) is 0 Å². The molecule has 0 bridgehead atoms. The summed E-state index contributed by atoms with van der Waals surface area (Å²) in [5.41, 5.74) is 0.635. The number of carboxylic acid groups (broad SMARTS) is 1. The van der Waals surface area contributed by atoms with E-state index in [1.54, 1.807) is 18.2 Å². The molecule has 25 heavy (non-hydrogen) atoms. The molecule has 0 spiro atoms. The molecule has 0 aliphatic carbocycles. The highest BCUT2D eigenvalue weighted by molar-refractivity contribution is 6.37. The van der Waals surface area contributed by atoms with Crippen molar-refractivity contribution in [3.63, 3.8) is 0 Å². The van der Waals surface area contributed by atoms with Crippen LogP contribution in [-0.2, 0) is 0 Å². The molecular formula is C18H10Cl2NO4-. The van der Waals surface area contributed by atoms with Gasteiger partial charge in [-0.3, -0.25) is 4.79 Å². The summed E-state index contributed by atoms with van der Waals surface area (Å²) in [5.74, 6) is -1.48. The van der Waals surface area contributed by atoms with E-state index in [-0.39, 0.29) is 21.8 Å². The first-order chi connectivity index (χ1) is 12.0. The van der Waals surface area contributed by atoms with Crippen molar-refractivity contribution < 1.29 is 19.1 Å². The first kappa shape index (κ1) is 17.1. The number of halogens is 2. The monoisotopic (exact) mass is 374 g/mol. The summed E-state index contributed by atoms with van der Waals surface area (Å²) >= 11 is 11.8. The normalized spacial score (nSPS) is 10.5. The van der Waals surface area contributed by atoms with Crippen molar-refractivity contribution in [2.45, 2.75) is 0 Å². The summed E-state index contributed by atoms with van der Waals surface area (Å²) in [6.45, 7) is 0. The number of furan rings is 1. The summed E-state index contributed by atoms with van der Waals surface area (Å²) in [7, 11) is 0. The average molecular weight is 375 g/mol. The van der Waals surface area contributed by atoms with E-state index in [0.29, 0.717) is 16.3 Å². The van der Waals surface area contributed by atoms with Gasteiger partial charge in [0.2, 0.25) is 0 Å². The average Bonchev–Trinajstić information content (AvgIpc) is 3.09. The molecule has 3 aromatic rings. The number of aromatic carboxylic acids is 1. The first-order valence-electron chi connectivity index (χ1n) is 7.11. The van der Waals surface area contributed by atoms with Crippen LogP contribution in [0.25, 0.3) is 11.3 Å². The minimum atomic E-state index is -1.43. The van der Waals surface area contributed by atoms with Gasteiger partial charge in [0, 0.05) is 16.1 Å². The number of amides is 1. The maximum Gasteiger partial charge on any atom is 0.257 e. The van der Waals surface area contributed by atoms with Gasteiger partial charge in [0.05, 0.1) is 28.5 Å². The lowest BCUT2D eigenvalue weighted by Gasteiger charge is -2.14. The predicted octanol–water partition coefficient (Wildman–Crippen LogP) is 3.87. The molecule has 7 heteroatoms. The van der Waals surface area contributed by atoms with Crippen molar-refractivity contribution in [2.24, 2.45) is 0 Å². The van der Waals surface area contributed by atoms with Crippen LogP contribution in [0, 0.1) is 0 Å². The van der Waals surface area contributed by atoms with Gasteiger partial charge in [-0.2, -0.15) is 0 Å². The summed E-state index contributed by atoms with van der Waals surface area (Å²) in [4.78, 5) is 23.8. The Morgan fingerprint density at radius 1 is 1.00 bits per heavy atom. The van der Waals surface area contributed by atoms with Crippen molar-refractivity contribution in [3.8, 4) is 11.3 Å². The molecule has 5 nitrogen and oxygen atoms in total. The topological polar surface area (TPSA) is 82.4 Å². The van der Waals surface area contributed by atoms with Gasteiger partial charge >= 0.3 is 0 Å². The third kappa shape index (κ3) is 3.68. The highest BCUT2D eigenvalue weighted by Gasteiger charge is 2.14. The van der Waals surface area contributed by atoms with Crippen molar-refractivity contribution in [1.82, 2.24) is 0 Å². The number of hydrogen-bond acceptors (Lipinski definition) is 4. The van der Waals surface area contributed by atoms with Gasteiger partial charge in [-0.15, -0.1) is 0 Å². The van der Waals surface area contributed by atoms with E-state index < -0.39 is 11.9 Å². The third-order valence-electron chi connectivity index (χ3n) is 3.47. The molecule has 126 valence electrons. The molecule has 0 radical (unpaired) electrons. The molecule has 0 aliphatic rings. The lowest BCUT2D eigenvalue weighted by Crippen LogP contribution is -2.25. The zero-order valence-corrected chi connectivity index (χ0v) is 14.1. The lowest BCUT2D eigenvalue weighted by molar-refractivity contribution is -0.254. The Kier molecular flexibility index (Phi) is 4.79. The number of anilines is 1. The van der Waals surface area contributed by atoms with Crippen molar-refractivity contribution in [2.75, 3.05) is 5.32 Å². The Bertz CT molecular complexity index is 952. The Labute approximate surface area is 152 Å². The van der Waals surface area contributed by atoms with Crippen molar-refractivity contribution >= 4 is 40.8 Å². The zero-order chi connectivity index (χ0) is 18.0. The molecule has 1 heterocycles. The molecule has 0 atom stereocenters. The fourth-order valence-corrected chi connectivity index (χ4v) is 2.78. The number of carbonyl (C=O) groups excluding carboxylic acids is 2. The van der Waals surface area contributed by atoms with E-state index >= 15 is 0 Å². The summed E-state index contributed by atoms with van der Waals surface area (Å²) in [6.07, 6.45) is 1.48. The molecule has 0 fully saturated rings. The summed E-state index contributed by atoms with van der Waals surface area (Å²) < 4.78 is 5.24. The van der Waals surface area contributed by atoms with E-state index in [1.807, 2.05) is 0 Å². The Hall–Kier alpha value is -2.76. The fraction of sp³-hybridized carbons (Fsp3) is 0. The van der Waals surface area contributed by atoms with Gasteiger partial charge in [0.25, 0.3) is 5.91 Å². The molecule has 0 saturated heterocycles. The number of carbonyl (C=O) groups is 2. The standard InChI is InChI=1S/C18H11Cl2NO4/c19-11-4-5-12(14(20)9-11)17(22)21-15-6-3-10(8-13(15)18(23)24)16-2-1-7-25-16/h1-9H,(H,21,22)(H,23,24)/p-1. The molecule has 1 N–H and O–H groups in total. The number of carboxylic acids is 1. The fourth-order valence-electron chi connectivity index (χ4n) is 2.28. The van der Waals surface area contributed by atoms with Crippen molar-refractivity contribution in [1.29, 1.82) is 0 Å². The Balaban J connectivity index is 1.94. The molecule has 2 aromatic carbocycles. The van der Waals surface area contributed by atoms with E-state index in [4.69, 9.17) is 27.6 Å². The smallest absolute Gasteiger partial charge is 0.257 e. The van der Waals surface area contributed by atoms with Crippen LogP contribution in [0.2, 0.25) is 10.0 Å². The number of rotatable bonds is 4. The SMILES string of the molecule is O=C(Nc1ccc(-c2ccco2)cc1C(=O)[O-])c1ccc(Cl)cc1Cl. The minimum Gasteiger partial charge on any atom is -0.545 e. The van der Waals surface area contributed by atoms with Gasteiger partial charge < -0.3 is 19.6 Å². The van der Waals surface area contributed by atoms with E-state index in [0.717, 1.165) is 0 Å². The van der Waals surface area contributed by atoms with Gasteiger partial charge in [0.1, 0.15) is 5.76 Å². The van der Waals surface area contributed by atoms with E-state index in [9.17, 15) is 14.7 Å². The molecule has 0 saturated carbocycles. The quantitative estimate of drug-likeness (QED) is 0.751. The lowest BCUT2D eigenvalue weighted by atomic mass is 10.1. The zero-order valence-electron chi connectivity index (χ0n) is 12.6. The Morgan fingerprint density at radius 2 is 1.80 bits per heavy atom. The number of benzene rings is 2. The second kappa shape index (κ2) is 7.01. The second-order valence-corrected chi connectivity index (χ2v) is 5.95. The largest absolute Gasteiger partial charge is 0.545 e. The molecule has 1 amide bonds. The van der Waals surface area contributed by atoms with Gasteiger partial charge in [0.15, 0.2) is 0 Å². The molecule has 3 rings (SSSR count). The maximum absolute atomic E-state index is 12.4. The van der Waals surface area contributed by atoms with Crippen LogP contribution in [0.4, 0.5) is 5.69 Å². The molecular weight excluding hydrogens is 365 g/mol. The third-order valence-corrected chi connectivity index (χ3v) is 4.02. The van der Waals surface area contributed by atoms with E-state index in [1.165, 1.54) is 36.6 Å². The molecule has 0 unspecified atom stereocenters. The van der Waals surface area contributed by atoms with Crippen LogP contribution in [-0.4, -0.2) is 11.9 Å². The Morgan fingerprint density at radius 3 is 2.44 bits per heavy atom. The number of nitrogens with one attached hydrogen (secondary N) is 1. The highest BCUT2D eigenvalue weighted by Crippen LogP contribution is 2.27. The highest BCUT2D eigenvalue weighted by atomic mass is 35.5. The number of hydrogen-bond donors (Lipinski definition) is 1. The van der Waals surface area contributed by atoms with Crippen LogP contribution in [0.15, 0.2) is 59.2 Å². The molecule has 1 aromatic heterocycles. The molecule has 0 aliphatic heterocycles. The first-order valence-corrected chi connectivity index (χ1v) is 7.87. The van der Waals surface area contributed by atoms with Gasteiger partial charge in [-0.05, 0) is 48.5 Å². The van der Waals surface area contributed by atoms with Crippen LogP contribution >= 0.6 is 23.2 Å². The predicted molar refractivity (Wildman–Crippen MR) is 92.9 cm³/mol. The minimum absolute atomic E-state index is 0.0892. The summed E-state index contributed by atoms with van der Waals surface area (Å²) in [6, 6.07) is 12.2. The maximum atomic E-state index is 12.4. The van der Waals surface area contributed by atoms with Crippen LogP contribution in [0.1, 0.15) is 20.7 Å². The van der Waals surface area contributed by atoms with Crippen LogP contribution < -0.4 is 10.4 Å². The van der Waals surface area contributed by atoms with Gasteiger partial charge in [-0.25, -0.2) is 0 Å².